The molecule has 3 aromatic rings. The van der Waals surface area contributed by atoms with Crippen molar-refractivity contribution in [1.29, 1.82) is 0 Å². The molecule has 1 N–H and O–H groups in total. The van der Waals surface area contributed by atoms with Crippen molar-refractivity contribution in [3.63, 3.8) is 0 Å². The molecular weight excluding hydrogens is 306 g/mol. The number of anilines is 2. The number of nitrogens with zero attached hydrogens (tertiary/aromatic N) is 2. The lowest BCUT2D eigenvalue weighted by atomic mass is 10.3. The molecular formula is C14H11N3O2S2. The third-order valence-electron chi connectivity index (χ3n) is 2.92. The van der Waals surface area contributed by atoms with Crippen LogP contribution in [0, 0.1) is 10.1 Å². The van der Waals surface area contributed by atoms with Gasteiger partial charge in [-0.1, -0.05) is 11.3 Å². The molecule has 0 aliphatic rings. The largest absolute Gasteiger partial charge is 0.332 e. The Morgan fingerprint density at radius 3 is 2.67 bits per heavy atom. The fraction of sp³-hybridized carbons (Fsp3) is 0.0714. The minimum atomic E-state index is -0.411. The van der Waals surface area contributed by atoms with Gasteiger partial charge < -0.3 is 5.32 Å². The molecule has 0 aliphatic heterocycles. The predicted molar refractivity (Wildman–Crippen MR) is 87.8 cm³/mol. The van der Waals surface area contributed by atoms with Crippen molar-refractivity contribution in [2.45, 2.75) is 4.90 Å². The third-order valence-corrected chi connectivity index (χ3v) is 4.58. The highest BCUT2D eigenvalue weighted by Crippen LogP contribution is 2.31. The third kappa shape index (κ3) is 2.98. The second kappa shape index (κ2) is 5.71. The fourth-order valence-corrected chi connectivity index (χ4v) is 3.32. The molecule has 0 spiro atoms. The van der Waals surface area contributed by atoms with Crippen LogP contribution in [0.4, 0.5) is 16.5 Å². The maximum Gasteiger partial charge on any atom is 0.269 e. The lowest BCUT2D eigenvalue weighted by Crippen LogP contribution is -1.91. The van der Waals surface area contributed by atoms with Gasteiger partial charge in [-0.3, -0.25) is 10.1 Å². The molecule has 0 saturated heterocycles. The Morgan fingerprint density at radius 1 is 1.24 bits per heavy atom. The zero-order valence-electron chi connectivity index (χ0n) is 11.1. The van der Waals surface area contributed by atoms with Crippen LogP contribution in [0.15, 0.2) is 47.4 Å². The summed E-state index contributed by atoms with van der Waals surface area (Å²) in [4.78, 5) is 15.9. The topological polar surface area (TPSA) is 68.1 Å². The van der Waals surface area contributed by atoms with Crippen molar-refractivity contribution in [3.05, 3.63) is 52.6 Å². The van der Waals surface area contributed by atoms with Gasteiger partial charge in [-0.15, -0.1) is 11.8 Å². The van der Waals surface area contributed by atoms with Crippen LogP contribution in [0.2, 0.25) is 0 Å². The number of nitro groups is 1. The maximum atomic E-state index is 10.6. The number of hydrogen-bond donors (Lipinski definition) is 1. The van der Waals surface area contributed by atoms with E-state index >= 15 is 0 Å². The van der Waals surface area contributed by atoms with Crippen LogP contribution in [0.5, 0.6) is 0 Å². The molecule has 1 heterocycles. The summed E-state index contributed by atoms with van der Waals surface area (Å²) in [6.45, 7) is 0. The summed E-state index contributed by atoms with van der Waals surface area (Å²) < 4.78 is 1.12. The van der Waals surface area contributed by atoms with E-state index in [4.69, 9.17) is 0 Å². The average Bonchev–Trinajstić information content (AvgIpc) is 2.88. The summed E-state index contributed by atoms with van der Waals surface area (Å²) in [5.74, 6) is 0. The summed E-state index contributed by atoms with van der Waals surface area (Å²) in [6, 6.07) is 12.5. The predicted octanol–water partition coefficient (Wildman–Crippen LogP) is 4.67. The first-order chi connectivity index (χ1) is 10.2. The minimum Gasteiger partial charge on any atom is -0.332 e. The molecule has 0 unspecified atom stereocenters. The van der Waals surface area contributed by atoms with Crippen LogP contribution in [0.1, 0.15) is 0 Å². The van der Waals surface area contributed by atoms with Crippen molar-refractivity contribution < 1.29 is 4.92 Å². The standard InChI is InChI=1S/C14H11N3O2S2/c1-20-11-6-7-12-13(8-11)21-14(16-12)15-9-2-4-10(5-3-9)17(18)19/h2-8H,1H3,(H,15,16). The number of fused-ring (bicyclic) bond motifs is 1. The van der Waals surface area contributed by atoms with Gasteiger partial charge in [0.15, 0.2) is 5.13 Å². The molecule has 0 amide bonds. The quantitative estimate of drug-likeness (QED) is 0.430. The molecule has 0 radical (unpaired) electrons. The zero-order chi connectivity index (χ0) is 14.8. The highest BCUT2D eigenvalue weighted by molar-refractivity contribution is 7.98. The number of thioether (sulfide) groups is 1. The number of non-ortho nitro benzene ring substituents is 1. The molecule has 0 saturated carbocycles. The molecule has 1 aromatic heterocycles. The summed E-state index contributed by atoms with van der Waals surface area (Å²) in [6.07, 6.45) is 2.04. The van der Waals surface area contributed by atoms with E-state index in [-0.39, 0.29) is 5.69 Å². The number of rotatable bonds is 4. The Hall–Kier alpha value is -2.12. The average molecular weight is 317 g/mol. The number of hydrogen-bond acceptors (Lipinski definition) is 6. The van der Waals surface area contributed by atoms with E-state index in [0.29, 0.717) is 0 Å². The van der Waals surface area contributed by atoms with Crippen LogP contribution in [-0.4, -0.2) is 16.2 Å². The first-order valence-electron chi connectivity index (χ1n) is 6.12. The molecule has 0 bridgehead atoms. The highest BCUT2D eigenvalue weighted by atomic mass is 32.2. The van der Waals surface area contributed by atoms with Gasteiger partial charge in [0.25, 0.3) is 5.69 Å². The lowest BCUT2D eigenvalue weighted by Gasteiger charge is -2.00. The van der Waals surface area contributed by atoms with Gasteiger partial charge in [0.2, 0.25) is 0 Å². The molecule has 0 fully saturated rings. The minimum absolute atomic E-state index is 0.0782. The summed E-state index contributed by atoms with van der Waals surface area (Å²) in [5.41, 5.74) is 1.81. The van der Waals surface area contributed by atoms with E-state index in [1.165, 1.54) is 17.0 Å². The Morgan fingerprint density at radius 2 is 2.00 bits per heavy atom. The summed E-state index contributed by atoms with van der Waals surface area (Å²) >= 11 is 3.26. The number of aromatic nitrogens is 1. The summed E-state index contributed by atoms with van der Waals surface area (Å²) in [5, 5.41) is 14.6. The van der Waals surface area contributed by atoms with Crippen molar-refractivity contribution in [1.82, 2.24) is 4.98 Å². The van der Waals surface area contributed by atoms with Gasteiger partial charge in [-0.25, -0.2) is 4.98 Å². The second-order valence-electron chi connectivity index (χ2n) is 4.28. The molecule has 5 nitrogen and oxygen atoms in total. The van der Waals surface area contributed by atoms with Gasteiger partial charge in [0.05, 0.1) is 15.1 Å². The molecule has 3 rings (SSSR count). The zero-order valence-corrected chi connectivity index (χ0v) is 12.7. The first-order valence-corrected chi connectivity index (χ1v) is 8.16. The monoisotopic (exact) mass is 317 g/mol. The SMILES string of the molecule is CSc1ccc2nc(Nc3ccc([N+](=O)[O-])cc3)sc2c1. The molecule has 7 heteroatoms. The van der Waals surface area contributed by atoms with Crippen molar-refractivity contribution in [2.75, 3.05) is 11.6 Å². The fourth-order valence-electron chi connectivity index (χ4n) is 1.88. The molecule has 2 aromatic carbocycles. The normalized spacial score (nSPS) is 10.7. The first kappa shape index (κ1) is 13.8. The van der Waals surface area contributed by atoms with E-state index < -0.39 is 4.92 Å². The van der Waals surface area contributed by atoms with Crippen LogP contribution in [0.25, 0.3) is 10.2 Å². The number of nitrogens with one attached hydrogen (secondary N) is 1. The van der Waals surface area contributed by atoms with E-state index in [2.05, 4.69) is 16.4 Å². The van der Waals surface area contributed by atoms with Gasteiger partial charge >= 0.3 is 0 Å². The van der Waals surface area contributed by atoms with Crippen LogP contribution >= 0.6 is 23.1 Å². The summed E-state index contributed by atoms with van der Waals surface area (Å²) in [7, 11) is 0. The van der Waals surface area contributed by atoms with Gasteiger partial charge in [0.1, 0.15) is 0 Å². The molecule has 21 heavy (non-hydrogen) atoms. The number of nitro benzene ring substituents is 1. The molecule has 106 valence electrons. The van der Waals surface area contributed by atoms with Crippen molar-refractivity contribution >= 4 is 49.8 Å². The van der Waals surface area contributed by atoms with Crippen LogP contribution in [0.3, 0.4) is 0 Å². The van der Waals surface area contributed by atoms with E-state index in [1.807, 2.05) is 18.4 Å². The lowest BCUT2D eigenvalue weighted by molar-refractivity contribution is -0.384. The van der Waals surface area contributed by atoms with Crippen LogP contribution in [-0.2, 0) is 0 Å². The Bertz CT molecular complexity index is 800. The second-order valence-corrected chi connectivity index (χ2v) is 6.19. The number of thiazole rings is 1. The van der Waals surface area contributed by atoms with Crippen molar-refractivity contribution in [3.8, 4) is 0 Å². The van der Waals surface area contributed by atoms with E-state index in [0.717, 1.165) is 21.0 Å². The molecule has 0 aliphatic carbocycles. The van der Waals surface area contributed by atoms with Crippen LogP contribution < -0.4 is 5.32 Å². The Kier molecular flexibility index (Phi) is 3.76. The van der Waals surface area contributed by atoms with E-state index in [9.17, 15) is 10.1 Å². The highest BCUT2D eigenvalue weighted by Gasteiger charge is 2.07. The Balaban J connectivity index is 1.85. The van der Waals surface area contributed by atoms with Gasteiger partial charge in [-0.05, 0) is 36.6 Å². The maximum absolute atomic E-state index is 10.6. The number of benzene rings is 2. The van der Waals surface area contributed by atoms with E-state index in [1.54, 1.807) is 35.2 Å². The molecule has 0 atom stereocenters. The van der Waals surface area contributed by atoms with Gasteiger partial charge in [0, 0.05) is 22.7 Å². The van der Waals surface area contributed by atoms with Gasteiger partial charge in [-0.2, -0.15) is 0 Å². The van der Waals surface area contributed by atoms with Crippen molar-refractivity contribution in [2.24, 2.45) is 0 Å². The smallest absolute Gasteiger partial charge is 0.269 e. The Labute approximate surface area is 129 Å².